The fourth-order valence-electron chi connectivity index (χ4n) is 1.71. The van der Waals surface area contributed by atoms with Crippen molar-refractivity contribution < 1.29 is 17.8 Å². The highest BCUT2D eigenvalue weighted by Gasteiger charge is 2.16. The van der Waals surface area contributed by atoms with E-state index in [9.17, 15) is 13.2 Å². The minimum Gasteiger partial charge on any atom is -0.308 e. The largest absolute Gasteiger partial charge is 0.323 e. The van der Waals surface area contributed by atoms with Gasteiger partial charge in [-0.1, -0.05) is 35.3 Å². The molecule has 3 N–H and O–H groups in total. The lowest BCUT2D eigenvalue weighted by Crippen LogP contribution is -2.20. The van der Waals surface area contributed by atoms with E-state index in [0.29, 0.717) is 15.7 Å². The molecule has 0 saturated heterocycles. The van der Waals surface area contributed by atoms with Crippen LogP contribution in [0.5, 0.6) is 0 Å². The fraction of sp³-hybridized carbons (Fsp3) is 0. The van der Waals surface area contributed by atoms with E-state index >= 15 is 0 Å². The molecular formula is C13H10Cl2N2O4S. The Bertz CT molecular complexity index is 804. The maximum absolute atomic E-state index is 11.9. The number of hydrogen-bond acceptors (Lipinski definition) is 3. The Kier molecular flexibility index (Phi) is 4.92. The van der Waals surface area contributed by atoms with Crippen LogP contribution in [-0.4, -0.2) is 19.0 Å². The maximum atomic E-state index is 11.9. The van der Waals surface area contributed by atoms with Gasteiger partial charge in [-0.15, -0.1) is 0 Å². The van der Waals surface area contributed by atoms with Gasteiger partial charge in [0.05, 0.1) is 5.69 Å². The second-order valence-electron chi connectivity index (χ2n) is 4.21. The summed E-state index contributed by atoms with van der Waals surface area (Å²) in [4.78, 5) is 11.5. The van der Waals surface area contributed by atoms with E-state index in [1.54, 1.807) is 0 Å². The van der Waals surface area contributed by atoms with Gasteiger partial charge in [0.15, 0.2) is 0 Å². The average molecular weight is 361 g/mol. The average Bonchev–Trinajstić information content (AvgIpc) is 2.36. The fourth-order valence-corrected chi connectivity index (χ4v) is 2.88. The van der Waals surface area contributed by atoms with Crippen molar-refractivity contribution in [2.45, 2.75) is 4.90 Å². The van der Waals surface area contributed by atoms with Crippen LogP contribution in [0.25, 0.3) is 0 Å². The van der Waals surface area contributed by atoms with E-state index in [0.717, 1.165) is 0 Å². The van der Waals surface area contributed by atoms with Gasteiger partial charge in [0.2, 0.25) is 0 Å². The number of urea groups is 1. The van der Waals surface area contributed by atoms with Crippen LogP contribution in [0.2, 0.25) is 10.0 Å². The molecule has 0 saturated carbocycles. The third-order valence-corrected chi connectivity index (χ3v) is 3.88. The van der Waals surface area contributed by atoms with Gasteiger partial charge in [0, 0.05) is 15.7 Å². The van der Waals surface area contributed by atoms with E-state index < -0.39 is 21.0 Å². The summed E-state index contributed by atoms with van der Waals surface area (Å²) in [5.74, 6) is 0. The summed E-state index contributed by atoms with van der Waals surface area (Å²) in [6.07, 6.45) is 0. The molecule has 0 bridgehead atoms. The van der Waals surface area contributed by atoms with Gasteiger partial charge < -0.3 is 10.6 Å². The van der Waals surface area contributed by atoms with Crippen LogP contribution >= 0.6 is 23.2 Å². The second-order valence-corrected chi connectivity index (χ2v) is 6.47. The smallest absolute Gasteiger partial charge is 0.308 e. The predicted octanol–water partition coefficient (Wildman–Crippen LogP) is 3.88. The highest BCUT2D eigenvalue weighted by Crippen LogP contribution is 2.24. The number of rotatable bonds is 3. The van der Waals surface area contributed by atoms with E-state index in [2.05, 4.69) is 10.6 Å². The van der Waals surface area contributed by atoms with Gasteiger partial charge in [-0.05, 0) is 30.3 Å². The van der Waals surface area contributed by atoms with Gasteiger partial charge in [-0.2, -0.15) is 8.42 Å². The molecule has 6 nitrogen and oxygen atoms in total. The lowest BCUT2D eigenvalue weighted by atomic mass is 10.3. The molecular weight excluding hydrogens is 351 g/mol. The molecule has 0 spiro atoms. The Morgan fingerprint density at radius 1 is 1.00 bits per heavy atom. The number of carbonyl (C=O) groups is 1. The predicted molar refractivity (Wildman–Crippen MR) is 85.4 cm³/mol. The van der Waals surface area contributed by atoms with Crippen LogP contribution in [0, 0.1) is 0 Å². The van der Waals surface area contributed by atoms with Gasteiger partial charge in [-0.3, -0.25) is 4.55 Å². The first-order valence-electron chi connectivity index (χ1n) is 5.86. The third-order valence-electron chi connectivity index (χ3n) is 2.53. The van der Waals surface area contributed by atoms with Crippen LogP contribution < -0.4 is 10.6 Å². The van der Waals surface area contributed by atoms with Gasteiger partial charge >= 0.3 is 6.03 Å². The molecule has 0 fully saturated rings. The monoisotopic (exact) mass is 360 g/mol. The lowest BCUT2D eigenvalue weighted by Gasteiger charge is -2.10. The van der Waals surface area contributed by atoms with Crippen molar-refractivity contribution in [1.82, 2.24) is 0 Å². The van der Waals surface area contributed by atoms with Crippen LogP contribution in [0.4, 0.5) is 16.2 Å². The molecule has 9 heteroatoms. The minimum absolute atomic E-state index is 0.0596. The zero-order valence-corrected chi connectivity index (χ0v) is 13.2. The highest BCUT2D eigenvalue weighted by atomic mass is 35.5. The summed E-state index contributed by atoms with van der Waals surface area (Å²) in [6.45, 7) is 0. The molecule has 0 atom stereocenters. The first-order valence-corrected chi connectivity index (χ1v) is 8.06. The van der Waals surface area contributed by atoms with Gasteiger partial charge in [0.25, 0.3) is 10.1 Å². The standard InChI is InChI=1S/C13H10Cl2N2O4S/c14-8-5-9(15)7-10(6-8)16-13(18)17-11-3-1-2-4-12(11)22(19,20)21/h1-7H,(H2,16,17,18)(H,19,20,21). The lowest BCUT2D eigenvalue weighted by molar-refractivity contribution is 0.262. The van der Waals surface area contributed by atoms with Crippen LogP contribution in [0.1, 0.15) is 0 Å². The van der Waals surface area contributed by atoms with E-state index in [-0.39, 0.29) is 5.69 Å². The van der Waals surface area contributed by atoms with Crippen LogP contribution in [-0.2, 0) is 10.1 Å². The van der Waals surface area contributed by atoms with Crippen LogP contribution in [0.15, 0.2) is 47.4 Å². The summed E-state index contributed by atoms with van der Waals surface area (Å²) in [5, 5.41) is 5.45. The normalized spacial score (nSPS) is 11.0. The molecule has 2 aromatic rings. The number of para-hydroxylation sites is 1. The van der Waals surface area contributed by atoms with Gasteiger partial charge in [0.1, 0.15) is 4.90 Å². The Morgan fingerprint density at radius 3 is 2.18 bits per heavy atom. The molecule has 22 heavy (non-hydrogen) atoms. The van der Waals surface area contributed by atoms with E-state index in [1.165, 1.54) is 42.5 Å². The Balaban J connectivity index is 2.20. The molecule has 2 rings (SSSR count). The van der Waals surface area contributed by atoms with Crippen molar-refractivity contribution in [3.63, 3.8) is 0 Å². The summed E-state index contributed by atoms with van der Waals surface area (Å²) in [7, 11) is -4.45. The molecule has 0 aliphatic rings. The summed E-state index contributed by atoms with van der Waals surface area (Å²) < 4.78 is 31.6. The van der Waals surface area contributed by atoms with Crippen molar-refractivity contribution in [2.75, 3.05) is 10.6 Å². The summed E-state index contributed by atoms with van der Waals surface area (Å²) in [5.41, 5.74) is 0.273. The molecule has 0 aromatic heterocycles. The molecule has 2 amide bonds. The Hall–Kier alpha value is -1.80. The van der Waals surface area contributed by atoms with Crippen molar-refractivity contribution in [3.8, 4) is 0 Å². The number of halogens is 2. The van der Waals surface area contributed by atoms with Gasteiger partial charge in [-0.25, -0.2) is 4.79 Å². The topological polar surface area (TPSA) is 95.5 Å². The first-order chi connectivity index (χ1) is 10.3. The van der Waals surface area contributed by atoms with Crippen molar-refractivity contribution in [2.24, 2.45) is 0 Å². The first kappa shape index (κ1) is 16.6. The summed E-state index contributed by atoms with van der Waals surface area (Å²) in [6, 6.07) is 9.18. The number of hydrogen-bond donors (Lipinski definition) is 3. The zero-order chi connectivity index (χ0) is 16.3. The number of amides is 2. The second kappa shape index (κ2) is 6.53. The molecule has 0 radical (unpaired) electrons. The number of benzene rings is 2. The Labute approximate surface area is 136 Å². The number of carbonyl (C=O) groups excluding carboxylic acids is 1. The summed E-state index contributed by atoms with van der Waals surface area (Å²) >= 11 is 11.6. The molecule has 0 aliphatic carbocycles. The van der Waals surface area contributed by atoms with Crippen molar-refractivity contribution in [3.05, 3.63) is 52.5 Å². The number of nitrogens with one attached hydrogen (secondary N) is 2. The Morgan fingerprint density at radius 2 is 1.59 bits per heavy atom. The number of anilines is 2. The SMILES string of the molecule is O=C(Nc1cc(Cl)cc(Cl)c1)Nc1ccccc1S(=O)(=O)O. The molecule has 0 heterocycles. The molecule has 0 unspecified atom stereocenters. The third kappa shape index (κ3) is 4.35. The zero-order valence-electron chi connectivity index (χ0n) is 10.9. The van der Waals surface area contributed by atoms with E-state index in [1.807, 2.05) is 0 Å². The quantitative estimate of drug-likeness (QED) is 0.723. The minimum atomic E-state index is -4.45. The highest BCUT2D eigenvalue weighted by molar-refractivity contribution is 7.86. The molecule has 0 aliphatic heterocycles. The molecule has 2 aromatic carbocycles. The molecule has 116 valence electrons. The van der Waals surface area contributed by atoms with Crippen LogP contribution in [0.3, 0.4) is 0 Å². The maximum Gasteiger partial charge on any atom is 0.323 e. The van der Waals surface area contributed by atoms with Crippen molar-refractivity contribution in [1.29, 1.82) is 0 Å². The van der Waals surface area contributed by atoms with Crippen molar-refractivity contribution >= 4 is 50.7 Å². The van der Waals surface area contributed by atoms with E-state index in [4.69, 9.17) is 27.8 Å².